The summed E-state index contributed by atoms with van der Waals surface area (Å²) in [7, 11) is 4.60. The smallest absolute Gasteiger partial charge is 0.00891 e. The van der Waals surface area contributed by atoms with Gasteiger partial charge in [-0.1, -0.05) is 136 Å². The molecule has 0 radical (unpaired) electrons. The molecule has 0 N–H and O–H groups in total. The van der Waals surface area contributed by atoms with Gasteiger partial charge in [-0.3, -0.25) is 0 Å². The molecule has 2 saturated carbocycles. The van der Waals surface area contributed by atoms with Gasteiger partial charge in [0.2, 0.25) is 0 Å². The van der Waals surface area contributed by atoms with Crippen LogP contribution >= 0.6 is 0 Å². The van der Waals surface area contributed by atoms with Crippen molar-refractivity contribution in [1.82, 2.24) is 4.90 Å². The van der Waals surface area contributed by atoms with Crippen molar-refractivity contribution < 1.29 is 0 Å². The topological polar surface area (TPSA) is 3.24 Å². The molecule has 0 aliphatic heterocycles. The predicted octanol–water partition coefficient (Wildman–Crippen LogP) is 10.8. The van der Waals surface area contributed by atoms with E-state index in [1.54, 1.807) is 32.1 Å². The zero-order valence-corrected chi connectivity index (χ0v) is 24.3. The van der Waals surface area contributed by atoms with Gasteiger partial charge in [-0.2, -0.15) is 0 Å². The predicted molar refractivity (Wildman–Crippen MR) is 154 cm³/mol. The van der Waals surface area contributed by atoms with Gasteiger partial charge in [-0.25, -0.2) is 0 Å². The normalized spacial score (nSPS) is 24.6. The molecule has 0 aromatic heterocycles. The van der Waals surface area contributed by atoms with Crippen molar-refractivity contribution in [2.24, 2.45) is 23.7 Å². The standard InChI is InChI=1S/C33H65N/c1-5-7-9-10-12-16-20-24-33(34(3)4)25-21-17-14-11-13-15-19-23-30-27-32(30)28-31-26-29(31)22-18-8-6-2/h29-33H,5-28H2,1-4H3/t29-,30?,31?,32?,33?/m1/s1. The lowest BCUT2D eigenvalue weighted by molar-refractivity contribution is 0.251. The Morgan fingerprint density at radius 2 is 0.882 bits per heavy atom. The van der Waals surface area contributed by atoms with Crippen LogP contribution in [0.3, 0.4) is 0 Å². The molecule has 0 amide bonds. The minimum absolute atomic E-state index is 0.824. The van der Waals surface area contributed by atoms with Gasteiger partial charge < -0.3 is 4.90 Å². The lowest BCUT2D eigenvalue weighted by atomic mass is 9.99. The van der Waals surface area contributed by atoms with E-state index in [9.17, 15) is 0 Å². The van der Waals surface area contributed by atoms with E-state index in [2.05, 4.69) is 32.8 Å². The maximum Gasteiger partial charge on any atom is 0.00891 e. The van der Waals surface area contributed by atoms with Gasteiger partial charge >= 0.3 is 0 Å². The maximum absolute atomic E-state index is 2.50. The van der Waals surface area contributed by atoms with Crippen molar-refractivity contribution in [1.29, 1.82) is 0 Å². The monoisotopic (exact) mass is 476 g/mol. The lowest BCUT2D eigenvalue weighted by Crippen LogP contribution is -2.27. The Kier molecular flexibility index (Phi) is 17.0. The van der Waals surface area contributed by atoms with Crippen LogP contribution in [0.2, 0.25) is 0 Å². The molecule has 2 fully saturated rings. The van der Waals surface area contributed by atoms with Crippen molar-refractivity contribution in [2.45, 2.75) is 174 Å². The molecule has 2 rings (SSSR count). The van der Waals surface area contributed by atoms with Crippen molar-refractivity contribution in [3.8, 4) is 0 Å². The Labute approximate surface area is 216 Å². The van der Waals surface area contributed by atoms with E-state index in [0.717, 1.165) is 29.7 Å². The summed E-state index contributed by atoms with van der Waals surface area (Å²) in [4.78, 5) is 2.50. The van der Waals surface area contributed by atoms with Crippen LogP contribution in [-0.2, 0) is 0 Å². The SMILES string of the molecule is CCCCCCCCCC(CCCCCCCCCC1CC1CC1C[C@H]1CCCCC)N(C)C. The Bertz CT molecular complexity index is 457. The van der Waals surface area contributed by atoms with Crippen molar-refractivity contribution in [3.63, 3.8) is 0 Å². The van der Waals surface area contributed by atoms with E-state index in [0.29, 0.717) is 0 Å². The molecule has 0 bridgehead atoms. The lowest BCUT2D eigenvalue weighted by Gasteiger charge is -2.24. The molecular weight excluding hydrogens is 410 g/mol. The Hall–Kier alpha value is -0.0400. The summed E-state index contributed by atoms with van der Waals surface area (Å²) in [5.74, 6) is 4.57. The van der Waals surface area contributed by atoms with Crippen molar-refractivity contribution in [3.05, 3.63) is 0 Å². The fourth-order valence-electron chi connectivity index (χ4n) is 6.62. The fourth-order valence-corrected chi connectivity index (χ4v) is 6.62. The first kappa shape index (κ1) is 30.2. The maximum atomic E-state index is 2.50. The van der Waals surface area contributed by atoms with Gasteiger partial charge in [0, 0.05) is 6.04 Å². The highest BCUT2D eigenvalue weighted by molar-refractivity contribution is 4.94. The highest BCUT2D eigenvalue weighted by Gasteiger charge is 2.44. The van der Waals surface area contributed by atoms with Gasteiger partial charge in [-0.05, 0) is 69.9 Å². The number of nitrogens with zero attached hydrogens (tertiary/aromatic N) is 1. The first-order chi connectivity index (χ1) is 16.7. The van der Waals surface area contributed by atoms with Crippen molar-refractivity contribution in [2.75, 3.05) is 14.1 Å². The largest absolute Gasteiger partial charge is 0.306 e. The number of hydrogen-bond donors (Lipinski definition) is 0. The molecule has 0 spiro atoms. The van der Waals surface area contributed by atoms with Gasteiger partial charge in [-0.15, -0.1) is 0 Å². The van der Waals surface area contributed by atoms with Gasteiger partial charge in [0.1, 0.15) is 0 Å². The van der Waals surface area contributed by atoms with E-state index in [1.807, 2.05) is 0 Å². The average Bonchev–Trinajstić information content (AvgIpc) is 3.74. The van der Waals surface area contributed by atoms with Crippen LogP contribution in [0.25, 0.3) is 0 Å². The molecule has 1 nitrogen and oxygen atoms in total. The summed E-state index contributed by atoms with van der Waals surface area (Å²) in [6, 6.07) is 0.824. The summed E-state index contributed by atoms with van der Waals surface area (Å²) < 4.78 is 0. The van der Waals surface area contributed by atoms with Crippen LogP contribution in [-0.4, -0.2) is 25.0 Å². The average molecular weight is 476 g/mol. The van der Waals surface area contributed by atoms with Crippen LogP contribution < -0.4 is 0 Å². The summed E-state index contributed by atoms with van der Waals surface area (Å²) in [5.41, 5.74) is 0. The van der Waals surface area contributed by atoms with Crippen LogP contribution in [0.15, 0.2) is 0 Å². The summed E-state index contributed by atoms with van der Waals surface area (Å²) in [6.45, 7) is 4.64. The molecule has 2 aliphatic rings. The quantitative estimate of drug-likeness (QED) is 0.119. The van der Waals surface area contributed by atoms with Gasteiger partial charge in [0.15, 0.2) is 0 Å². The van der Waals surface area contributed by atoms with E-state index in [4.69, 9.17) is 0 Å². The van der Waals surface area contributed by atoms with Crippen LogP contribution in [0.1, 0.15) is 168 Å². The molecule has 202 valence electrons. The molecule has 0 aromatic carbocycles. The third-order valence-corrected chi connectivity index (χ3v) is 9.41. The minimum Gasteiger partial charge on any atom is -0.306 e. The first-order valence-electron chi connectivity index (χ1n) is 16.3. The van der Waals surface area contributed by atoms with E-state index in [-0.39, 0.29) is 0 Å². The molecule has 1 heteroatoms. The zero-order valence-electron chi connectivity index (χ0n) is 24.3. The molecular formula is C33H65N. The molecule has 5 atom stereocenters. The van der Waals surface area contributed by atoms with Crippen molar-refractivity contribution >= 4 is 0 Å². The van der Waals surface area contributed by atoms with Gasteiger partial charge in [0.25, 0.3) is 0 Å². The summed E-state index contributed by atoms with van der Waals surface area (Å²) in [6.07, 6.45) is 35.5. The Morgan fingerprint density at radius 3 is 1.35 bits per heavy atom. The van der Waals surface area contributed by atoms with Gasteiger partial charge in [0.05, 0.1) is 0 Å². The van der Waals surface area contributed by atoms with Crippen LogP contribution in [0, 0.1) is 23.7 Å². The Morgan fingerprint density at radius 1 is 0.500 bits per heavy atom. The highest BCUT2D eigenvalue weighted by atomic mass is 15.1. The van der Waals surface area contributed by atoms with E-state index in [1.165, 1.54) is 122 Å². The van der Waals surface area contributed by atoms with Crippen LogP contribution in [0.4, 0.5) is 0 Å². The second-order valence-corrected chi connectivity index (χ2v) is 12.8. The fraction of sp³-hybridized carbons (Fsp3) is 1.00. The molecule has 2 aliphatic carbocycles. The van der Waals surface area contributed by atoms with Crippen LogP contribution in [0.5, 0.6) is 0 Å². The third kappa shape index (κ3) is 14.5. The summed E-state index contributed by atoms with van der Waals surface area (Å²) in [5, 5.41) is 0. The first-order valence-corrected chi connectivity index (χ1v) is 16.3. The number of unbranched alkanes of at least 4 members (excludes halogenated alkanes) is 14. The molecule has 34 heavy (non-hydrogen) atoms. The molecule has 0 heterocycles. The van der Waals surface area contributed by atoms with E-state index >= 15 is 0 Å². The minimum atomic E-state index is 0.824. The summed E-state index contributed by atoms with van der Waals surface area (Å²) >= 11 is 0. The Balaban J connectivity index is 1.33. The molecule has 4 unspecified atom stereocenters. The second kappa shape index (κ2) is 19.1. The second-order valence-electron chi connectivity index (χ2n) is 12.8. The zero-order chi connectivity index (χ0) is 24.4. The third-order valence-electron chi connectivity index (χ3n) is 9.41. The molecule has 0 saturated heterocycles. The highest BCUT2D eigenvalue weighted by Crippen LogP contribution is 2.54. The number of rotatable bonds is 25. The van der Waals surface area contributed by atoms with E-state index < -0.39 is 0 Å². The number of hydrogen-bond acceptors (Lipinski definition) is 1. The molecule has 0 aromatic rings.